The van der Waals surface area contributed by atoms with Gasteiger partial charge in [-0.1, -0.05) is 0 Å². The van der Waals surface area contributed by atoms with E-state index in [4.69, 9.17) is 14.6 Å². The molecule has 0 radical (unpaired) electrons. The molecule has 8 nitrogen and oxygen atoms in total. The molecule has 1 N–H and O–H groups in total. The molecule has 174 valence electrons. The van der Waals surface area contributed by atoms with E-state index in [1.807, 2.05) is 6.20 Å². The van der Waals surface area contributed by atoms with Crippen molar-refractivity contribution in [3.63, 3.8) is 0 Å². The number of carbonyl (C=O) groups excluding carboxylic acids is 1. The van der Waals surface area contributed by atoms with Crippen molar-refractivity contribution in [1.29, 1.82) is 0 Å². The molecule has 0 spiro atoms. The Morgan fingerprint density at radius 3 is 2.35 bits per heavy atom. The number of fused-ring (bicyclic) bond motifs is 1. The van der Waals surface area contributed by atoms with Gasteiger partial charge in [0.1, 0.15) is 5.82 Å². The Kier molecular flexibility index (Phi) is 7.93. The van der Waals surface area contributed by atoms with E-state index < -0.39 is 12.1 Å². The van der Waals surface area contributed by atoms with Crippen molar-refractivity contribution in [1.82, 2.24) is 19.4 Å². The van der Waals surface area contributed by atoms with Gasteiger partial charge in [-0.15, -0.1) is 0 Å². The molecular formula is C20H29F3N4O4. The molecule has 2 fully saturated rings. The van der Waals surface area contributed by atoms with Gasteiger partial charge in [0.15, 0.2) is 0 Å². The minimum Gasteiger partial charge on any atom is -0.475 e. The van der Waals surface area contributed by atoms with Gasteiger partial charge in [-0.2, -0.15) is 13.2 Å². The number of aliphatic carboxylic acids is 1. The van der Waals surface area contributed by atoms with Crippen molar-refractivity contribution in [3.05, 3.63) is 17.7 Å². The number of ether oxygens (including phenoxy) is 1. The largest absolute Gasteiger partial charge is 0.490 e. The van der Waals surface area contributed by atoms with Crippen LogP contribution in [-0.2, 0) is 33.8 Å². The van der Waals surface area contributed by atoms with E-state index in [1.165, 1.54) is 31.6 Å². The van der Waals surface area contributed by atoms with E-state index in [0.29, 0.717) is 5.91 Å². The van der Waals surface area contributed by atoms with Crippen LogP contribution in [0.3, 0.4) is 0 Å². The normalized spacial score (nSPS) is 20.5. The van der Waals surface area contributed by atoms with Crippen molar-refractivity contribution in [2.75, 3.05) is 39.4 Å². The van der Waals surface area contributed by atoms with Gasteiger partial charge in [-0.05, 0) is 38.8 Å². The highest BCUT2D eigenvalue weighted by atomic mass is 19.4. The van der Waals surface area contributed by atoms with Crippen molar-refractivity contribution in [3.8, 4) is 0 Å². The number of carbonyl (C=O) groups is 2. The predicted molar refractivity (Wildman–Crippen MR) is 104 cm³/mol. The monoisotopic (exact) mass is 446 g/mol. The van der Waals surface area contributed by atoms with Crippen molar-refractivity contribution >= 4 is 11.9 Å². The fourth-order valence-electron chi connectivity index (χ4n) is 4.21. The van der Waals surface area contributed by atoms with E-state index in [9.17, 15) is 18.0 Å². The fraction of sp³-hybridized carbons (Fsp3) is 0.750. The Morgan fingerprint density at radius 2 is 1.74 bits per heavy atom. The third-order valence-corrected chi connectivity index (χ3v) is 5.93. The van der Waals surface area contributed by atoms with Gasteiger partial charge in [-0.25, -0.2) is 9.78 Å². The molecule has 11 heteroatoms. The summed E-state index contributed by atoms with van der Waals surface area (Å²) in [6.07, 6.45) is 2.21. The first-order chi connectivity index (χ1) is 14.8. The molecule has 0 aliphatic carbocycles. The highest BCUT2D eigenvalue weighted by Gasteiger charge is 2.38. The number of hydrogen-bond acceptors (Lipinski definition) is 5. The van der Waals surface area contributed by atoms with Crippen LogP contribution in [-0.4, -0.2) is 81.9 Å². The number of imidazole rings is 1. The Hall–Kier alpha value is -2.14. The van der Waals surface area contributed by atoms with Gasteiger partial charge in [0.25, 0.3) is 0 Å². The van der Waals surface area contributed by atoms with Gasteiger partial charge < -0.3 is 19.3 Å². The maximum atomic E-state index is 12.8. The number of aromatic nitrogens is 2. The molecule has 3 aliphatic heterocycles. The van der Waals surface area contributed by atoms with Crippen LogP contribution >= 0.6 is 0 Å². The maximum absolute atomic E-state index is 12.8. The number of amides is 1. The number of carboxylic acids is 1. The minimum absolute atomic E-state index is 0.160. The van der Waals surface area contributed by atoms with Crippen LogP contribution in [0.2, 0.25) is 0 Å². The highest BCUT2D eigenvalue weighted by Crippen LogP contribution is 2.21. The summed E-state index contributed by atoms with van der Waals surface area (Å²) in [4.78, 5) is 30.9. The van der Waals surface area contributed by atoms with Crippen molar-refractivity contribution in [2.45, 2.75) is 51.4 Å². The van der Waals surface area contributed by atoms with E-state index in [-0.39, 0.29) is 5.92 Å². The number of hydrogen-bond donors (Lipinski definition) is 1. The first-order valence-corrected chi connectivity index (χ1v) is 10.7. The van der Waals surface area contributed by atoms with Crippen molar-refractivity contribution in [2.24, 2.45) is 5.92 Å². The van der Waals surface area contributed by atoms with Crippen LogP contribution in [0, 0.1) is 5.92 Å². The van der Waals surface area contributed by atoms with Crippen LogP contribution in [0.25, 0.3) is 0 Å². The summed E-state index contributed by atoms with van der Waals surface area (Å²) in [6.45, 7) is 7.36. The second-order valence-electron chi connectivity index (χ2n) is 8.07. The summed E-state index contributed by atoms with van der Waals surface area (Å²) in [7, 11) is 0. The lowest BCUT2D eigenvalue weighted by Crippen LogP contribution is -2.40. The summed E-state index contributed by atoms with van der Waals surface area (Å²) in [5.41, 5.74) is 1.31. The standard InChI is InChI=1S/C18H28N4O2.C2HF3O2/c23-18(15-4-11-24-12-5-15)21-8-3-17-19-13-16(22(17)10-9-21)14-20-6-1-2-7-20;3-2(4,5)1(6)7/h13,15H,1-12,14H2;(H,6,7). The van der Waals surface area contributed by atoms with E-state index >= 15 is 0 Å². The second kappa shape index (κ2) is 10.4. The molecular weight excluding hydrogens is 417 g/mol. The van der Waals surface area contributed by atoms with Gasteiger partial charge in [0.2, 0.25) is 5.91 Å². The SMILES string of the molecule is O=C(C1CCOCC1)N1CCc2ncc(CN3CCCC3)n2CC1.O=C(O)C(F)(F)F. The molecule has 1 amide bonds. The van der Waals surface area contributed by atoms with Gasteiger partial charge in [0.05, 0.1) is 5.69 Å². The zero-order valence-corrected chi connectivity index (χ0v) is 17.4. The molecule has 0 atom stereocenters. The van der Waals surface area contributed by atoms with Gasteiger partial charge in [0, 0.05) is 57.9 Å². The Bertz CT molecular complexity index is 756. The first kappa shape index (κ1) is 23.5. The molecule has 3 aliphatic rings. The molecule has 0 bridgehead atoms. The van der Waals surface area contributed by atoms with Gasteiger partial charge >= 0.3 is 12.1 Å². The average Bonchev–Trinajstić information content (AvgIpc) is 3.33. The van der Waals surface area contributed by atoms with Gasteiger partial charge in [-0.3, -0.25) is 9.69 Å². The number of rotatable bonds is 3. The highest BCUT2D eigenvalue weighted by molar-refractivity contribution is 5.79. The molecule has 4 rings (SSSR count). The number of alkyl halides is 3. The average molecular weight is 446 g/mol. The molecule has 4 heterocycles. The molecule has 0 aromatic carbocycles. The number of carboxylic acid groups (broad SMARTS) is 1. The summed E-state index contributed by atoms with van der Waals surface area (Å²) in [6, 6.07) is 0. The lowest BCUT2D eigenvalue weighted by molar-refractivity contribution is -0.192. The molecule has 0 saturated carbocycles. The summed E-state index contributed by atoms with van der Waals surface area (Å²) >= 11 is 0. The second-order valence-corrected chi connectivity index (χ2v) is 8.07. The first-order valence-electron chi connectivity index (χ1n) is 10.7. The Balaban J connectivity index is 0.000000339. The van der Waals surface area contributed by atoms with E-state index in [2.05, 4.69) is 19.4 Å². The Labute approximate surface area is 179 Å². The van der Waals surface area contributed by atoms with E-state index in [1.54, 1.807) is 0 Å². The smallest absolute Gasteiger partial charge is 0.475 e. The number of halogens is 3. The number of nitrogens with zero attached hydrogens (tertiary/aromatic N) is 4. The maximum Gasteiger partial charge on any atom is 0.490 e. The lowest BCUT2D eigenvalue weighted by Gasteiger charge is -2.28. The van der Waals surface area contributed by atoms with Crippen LogP contribution in [0.1, 0.15) is 37.2 Å². The molecule has 31 heavy (non-hydrogen) atoms. The molecule has 0 unspecified atom stereocenters. The lowest BCUT2D eigenvalue weighted by atomic mass is 9.98. The quantitative estimate of drug-likeness (QED) is 0.764. The zero-order valence-electron chi connectivity index (χ0n) is 17.4. The predicted octanol–water partition coefficient (Wildman–Crippen LogP) is 1.92. The third kappa shape index (κ3) is 6.42. The Morgan fingerprint density at radius 1 is 1.10 bits per heavy atom. The summed E-state index contributed by atoms with van der Waals surface area (Å²) in [5.74, 6) is -1.13. The third-order valence-electron chi connectivity index (χ3n) is 5.93. The van der Waals surface area contributed by atoms with E-state index in [0.717, 1.165) is 64.5 Å². The van der Waals surface area contributed by atoms with Crippen LogP contribution in [0.5, 0.6) is 0 Å². The van der Waals surface area contributed by atoms with Crippen LogP contribution in [0.4, 0.5) is 13.2 Å². The molecule has 2 saturated heterocycles. The van der Waals surface area contributed by atoms with Crippen LogP contribution < -0.4 is 0 Å². The zero-order chi connectivity index (χ0) is 22.4. The van der Waals surface area contributed by atoms with Crippen LogP contribution in [0.15, 0.2) is 6.20 Å². The fourth-order valence-corrected chi connectivity index (χ4v) is 4.21. The number of likely N-dealkylation sites (tertiary alicyclic amines) is 1. The molecule has 1 aromatic heterocycles. The summed E-state index contributed by atoms with van der Waals surface area (Å²) < 4.78 is 39.5. The molecule has 1 aromatic rings. The summed E-state index contributed by atoms with van der Waals surface area (Å²) in [5, 5.41) is 7.12. The minimum atomic E-state index is -5.08. The van der Waals surface area contributed by atoms with Crippen molar-refractivity contribution < 1.29 is 32.6 Å². The topological polar surface area (TPSA) is 87.9 Å².